The highest BCUT2D eigenvalue weighted by atomic mass is 19.4. The van der Waals surface area contributed by atoms with Gasteiger partial charge in [-0.2, -0.15) is 13.2 Å². The van der Waals surface area contributed by atoms with Gasteiger partial charge in [-0.3, -0.25) is 0 Å². The molecule has 0 aliphatic carbocycles. The van der Waals surface area contributed by atoms with Crippen LogP contribution in [0.25, 0.3) is 0 Å². The number of halogens is 3. The molecule has 68 valence electrons. The van der Waals surface area contributed by atoms with E-state index in [1.165, 1.54) is 0 Å². The first-order chi connectivity index (χ1) is 5.02. The SMILES string of the molecule is CCCC[C@H](CC)C(F)(F)F. The highest BCUT2D eigenvalue weighted by molar-refractivity contribution is 4.65. The predicted octanol–water partition coefficient (Wildman–Crippen LogP) is 3.77. The van der Waals surface area contributed by atoms with E-state index in [1.54, 1.807) is 6.92 Å². The number of hydrogen-bond donors (Lipinski definition) is 0. The molecule has 0 saturated heterocycles. The van der Waals surface area contributed by atoms with E-state index in [4.69, 9.17) is 0 Å². The van der Waals surface area contributed by atoms with Crippen LogP contribution in [0, 0.1) is 5.92 Å². The molecule has 1 atom stereocenters. The zero-order valence-corrected chi connectivity index (χ0v) is 7.04. The van der Waals surface area contributed by atoms with E-state index in [0.29, 0.717) is 6.42 Å². The van der Waals surface area contributed by atoms with Crippen LogP contribution in [-0.4, -0.2) is 6.18 Å². The molecule has 0 aromatic heterocycles. The second-order valence-corrected chi connectivity index (χ2v) is 2.79. The predicted molar refractivity (Wildman–Crippen MR) is 39.4 cm³/mol. The lowest BCUT2D eigenvalue weighted by atomic mass is 9.99. The second kappa shape index (κ2) is 4.62. The Morgan fingerprint density at radius 2 is 1.73 bits per heavy atom. The zero-order valence-electron chi connectivity index (χ0n) is 7.04. The number of hydrogen-bond acceptors (Lipinski definition) is 0. The Kier molecular flexibility index (Phi) is 4.54. The summed E-state index contributed by atoms with van der Waals surface area (Å²) in [6.07, 6.45) is -1.96. The first kappa shape index (κ1) is 10.8. The third-order valence-electron chi connectivity index (χ3n) is 1.86. The first-order valence-electron chi connectivity index (χ1n) is 4.09. The van der Waals surface area contributed by atoms with Crippen molar-refractivity contribution in [2.45, 2.75) is 45.7 Å². The molecule has 0 bridgehead atoms. The van der Waals surface area contributed by atoms with Crippen molar-refractivity contribution in [2.24, 2.45) is 5.92 Å². The Morgan fingerprint density at radius 3 is 2.00 bits per heavy atom. The highest BCUT2D eigenvalue weighted by Gasteiger charge is 2.37. The summed E-state index contributed by atoms with van der Waals surface area (Å²) in [4.78, 5) is 0. The molecule has 0 aromatic rings. The van der Waals surface area contributed by atoms with Crippen molar-refractivity contribution in [1.82, 2.24) is 0 Å². The normalized spacial score (nSPS) is 15.0. The van der Waals surface area contributed by atoms with Crippen molar-refractivity contribution in [1.29, 1.82) is 0 Å². The zero-order chi connectivity index (χ0) is 8.91. The smallest absolute Gasteiger partial charge is 0.171 e. The van der Waals surface area contributed by atoms with Gasteiger partial charge in [0.2, 0.25) is 0 Å². The summed E-state index contributed by atoms with van der Waals surface area (Å²) < 4.78 is 36.1. The molecule has 0 saturated carbocycles. The lowest BCUT2D eigenvalue weighted by Gasteiger charge is -2.17. The maximum atomic E-state index is 12.0. The van der Waals surface area contributed by atoms with Gasteiger partial charge in [-0.15, -0.1) is 0 Å². The minimum absolute atomic E-state index is 0.212. The second-order valence-electron chi connectivity index (χ2n) is 2.79. The van der Waals surface area contributed by atoms with E-state index in [-0.39, 0.29) is 12.8 Å². The first-order valence-corrected chi connectivity index (χ1v) is 4.09. The molecule has 0 unspecified atom stereocenters. The van der Waals surface area contributed by atoms with Gasteiger partial charge >= 0.3 is 6.18 Å². The van der Waals surface area contributed by atoms with E-state index >= 15 is 0 Å². The minimum Gasteiger partial charge on any atom is -0.171 e. The van der Waals surface area contributed by atoms with Crippen molar-refractivity contribution < 1.29 is 13.2 Å². The molecule has 0 aliphatic rings. The van der Waals surface area contributed by atoms with Crippen LogP contribution < -0.4 is 0 Å². The number of unbranched alkanes of at least 4 members (excludes halogenated alkanes) is 1. The van der Waals surface area contributed by atoms with Gasteiger partial charge in [0.1, 0.15) is 0 Å². The van der Waals surface area contributed by atoms with Gasteiger partial charge < -0.3 is 0 Å². The van der Waals surface area contributed by atoms with Gasteiger partial charge in [-0.25, -0.2) is 0 Å². The average molecular weight is 168 g/mol. The highest BCUT2D eigenvalue weighted by Crippen LogP contribution is 2.32. The van der Waals surface area contributed by atoms with E-state index < -0.39 is 12.1 Å². The van der Waals surface area contributed by atoms with Gasteiger partial charge in [0.05, 0.1) is 5.92 Å². The van der Waals surface area contributed by atoms with Crippen molar-refractivity contribution in [2.75, 3.05) is 0 Å². The van der Waals surface area contributed by atoms with E-state index in [9.17, 15) is 13.2 Å². The Hall–Kier alpha value is -0.210. The van der Waals surface area contributed by atoms with Crippen molar-refractivity contribution >= 4 is 0 Å². The summed E-state index contributed by atoms with van der Waals surface area (Å²) >= 11 is 0. The standard InChI is InChI=1S/C8H15F3/c1-3-5-6-7(4-2)8(9,10)11/h7H,3-6H2,1-2H3/t7-/m0/s1. The van der Waals surface area contributed by atoms with Gasteiger partial charge in [-0.05, 0) is 12.8 Å². The Morgan fingerprint density at radius 1 is 1.18 bits per heavy atom. The molecule has 0 rings (SSSR count). The molecule has 0 spiro atoms. The average Bonchev–Trinajstić information content (AvgIpc) is 1.87. The Labute approximate surface area is 65.8 Å². The van der Waals surface area contributed by atoms with Crippen LogP contribution in [0.1, 0.15) is 39.5 Å². The molecule has 0 heterocycles. The van der Waals surface area contributed by atoms with Gasteiger partial charge in [0.15, 0.2) is 0 Å². The van der Waals surface area contributed by atoms with Crippen molar-refractivity contribution in [3.63, 3.8) is 0 Å². The van der Waals surface area contributed by atoms with E-state index in [2.05, 4.69) is 0 Å². The fraction of sp³-hybridized carbons (Fsp3) is 1.00. The fourth-order valence-electron chi connectivity index (χ4n) is 1.05. The van der Waals surface area contributed by atoms with E-state index in [1.807, 2.05) is 6.92 Å². The molecule has 0 radical (unpaired) electrons. The van der Waals surface area contributed by atoms with Crippen LogP contribution in [0.4, 0.5) is 13.2 Å². The van der Waals surface area contributed by atoms with Gasteiger partial charge in [-0.1, -0.05) is 26.7 Å². The summed E-state index contributed by atoms with van der Waals surface area (Å²) in [5, 5.41) is 0. The summed E-state index contributed by atoms with van der Waals surface area (Å²) in [7, 11) is 0. The van der Waals surface area contributed by atoms with Gasteiger partial charge in [0.25, 0.3) is 0 Å². The third kappa shape index (κ3) is 4.27. The van der Waals surface area contributed by atoms with Crippen LogP contribution in [-0.2, 0) is 0 Å². The number of rotatable bonds is 4. The summed E-state index contributed by atoms with van der Waals surface area (Å²) in [5.41, 5.74) is 0. The molecule has 3 heteroatoms. The molecule has 0 N–H and O–H groups in total. The largest absolute Gasteiger partial charge is 0.391 e. The monoisotopic (exact) mass is 168 g/mol. The van der Waals surface area contributed by atoms with Crippen LogP contribution in [0.5, 0.6) is 0 Å². The van der Waals surface area contributed by atoms with Gasteiger partial charge in [0, 0.05) is 0 Å². The minimum atomic E-state index is -3.98. The van der Waals surface area contributed by atoms with Crippen LogP contribution in [0.3, 0.4) is 0 Å². The lowest BCUT2D eigenvalue weighted by Crippen LogP contribution is -2.21. The summed E-state index contributed by atoms with van der Waals surface area (Å²) in [6, 6.07) is 0. The van der Waals surface area contributed by atoms with Crippen LogP contribution >= 0.6 is 0 Å². The van der Waals surface area contributed by atoms with Crippen molar-refractivity contribution in [3.8, 4) is 0 Å². The van der Waals surface area contributed by atoms with Crippen LogP contribution in [0.2, 0.25) is 0 Å². The molecule has 0 amide bonds. The topological polar surface area (TPSA) is 0 Å². The van der Waals surface area contributed by atoms with Crippen molar-refractivity contribution in [3.05, 3.63) is 0 Å². The lowest BCUT2D eigenvalue weighted by molar-refractivity contribution is -0.177. The molecule has 0 fully saturated rings. The molecule has 0 aromatic carbocycles. The summed E-state index contributed by atoms with van der Waals surface area (Å²) in [6.45, 7) is 3.50. The Bertz CT molecular complexity index is 96.0. The third-order valence-corrected chi connectivity index (χ3v) is 1.86. The molecule has 0 aliphatic heterocycles. The Balaban J connectivity index is 3.76. The fourth-order valence-corrected chi connectivity index (χ4v) is 1.05. The maximum Gasteiger partial charge on any atom is 0.391 e. The molecular weight excluding hydrogens is 153 g/mol. The molecule has 0 nitrogen and oxygen atoms in total. The van der Waals surface area contributed by atoms with Crippen LogP contribution in [0.15, 0.2) is 0 Å². The quantitative estimate of drug-likeness (QED) is 0.599. The maximum absolute atomic E-state index is 12.0. The van der Waals surface area contributed by atoms with E-state index in [0.717, 1.165) is 6.42 Å². The molecular formula is C8H15F3. The number of alkyl halides is 3. The summed E-state index contributed by atoms with van der Waals surface area (Å²) in [5.74, 6) is -1.08. The molecule has 11 heavy (non-hydrogen) atoms.